The maximum Gasteiger partial charge on any atom is 0.165 e. The van der Waals surface area contributed by atoms with Gasteiger partial charge in [-0.3, -0.25) is 4.79 Å². The lowest BCUT2D eigenvalue weighted by Crippen LogP contribution is -2.15. The molecule has 2 nitrogen and oxygen atoms in total. The Bertz CT molecular complexity index is 574. The van der Waals surface area contributed by atoms with E-state index in [-0.39, 0.29) is 11.7 Å². The van der Waals surface area contributed by atoms with Crippen LogP contribution < -0.4 is 5.73 Å². The fraction of sp³-hybridized carbons (Fsp3) is 0.312. The van der Waals surface area contributed by atoms with Crippen LogP contribution in [0.5, 0.6) is 0 Å². The third-order valence-corrected chi connectivity index (χ3v) is 3.33. The first-order valence-electron chi connectivity index (χ1n) is 6.36. The molecule has 0 bridgehead atoms. The van der Waals surface area contributed by atoms with Crippen molar-refractivity contribution in [1.29, 1.82) is 0 Å². The topological polar surface area (TPSA) is 43.1 Å². The number of hydrogen-bond acceptors (Lipinski definition) is 2. The molecule has 0 amide bonds. The van der Waals surface area contributed by atoms with E-state index in [1.54, 1.807) is 0 Å². The first kappa shape index (κ1) is 12.8. The van der Waals surface area contributed by atoms with Crippen molar-refractivity contribution in [2.24, 2.45) is 11.7 Å². The van der Waals surface area contributed by atoms with E-state index in [2.05, 4.69) is 25.1 Å². The van der Waals surface area contributed by atoms with Crippen molar-refractivity contribution >= 4 is 16.6 Å². The number of aryl methyl sites for hydroxylation is 1. The summed E-state index contributed by atoms with van der Waals surface area (Å²) in [6.45, 7) is 4.57. The maximum atomic E-state index is 12.2. The lowest BCUT2D eigenvalue weighted by molar-refractivity contribution is 0.0925. The molecule has 0 aliphatic heterocycles. The van der Waals surface area contributed by atoms with Crippen LogP contribution in [0.1, 0.15) is 29.3 Å². The van der Waals surface area contributed by atoms with Crippen molar-refractivity contribution in [2.45, 2.75) is 20.3 Å². The third kappa shape index (κ3) is 2.59. The van der Waals surface area contributed by atoms with E-state index in [0.717, 1.165) is 17.4 Å². The Morgan fingerprint density at radius 1 is 1.17 bits per heavy atom. The van der Waals surface area contributed by atoms with Gasteiger partial charge in [-0.05, 0) is 36.7 Å². The smallest absolute Gasteiger partial charge is 0.165 e. The molecule has 2 N–H and O–H groups in total. The molecule has 1 unspecified atom stereocenters. The molecule has 0 aliphatic carbocycles. The minimum absolute atomic E-state index is 0.00195. The molecule has 0 saturated carbocycles. The molecule has 18 heavy (non-hydrogen) atoms. The van der Waals surface area contributed by atoms with E-state index < -0.39 is 0 Å². The quantitative estimate of drug-likeness (QED) is 0.834. The van der Waals surface area contributed by atoms with Gasteiger partial charge in [0.05, 0.1) is 0 Å². The Morgan fingerprint density at radius 3 is 2.56 bits per heavy atom. The monoisotopic (exact) mass is 241 g/mol. The predicted molar refractivity (Wildman–Crippen MR) is 75.9 cm³/mol. The molecule has 2 heteroatoms. The van der Waals surface area contributed by atoms with E-state index in [1.807, 2.05) is 25.1 Å². The summed E-state index contributed by atoms with van der Waals surface area (Å²) in [4.78, 5) is 12.2. The van der Waals surface area contributed by atoms with Crippen molar-refractivity contribution in [3.63, 3.8) is 0 Å². The largest absolute Gasteiger partial charge is 0.330 e. The molecule has 2 aromatic rings. The number of ketones is 1. The molecular formula is C16H19NO. The minimum Gasteiger partial charge on any atom is -0.330 e. The van der Waals surface area contributed by atoms with Crippen LogP contribution in [-0.2, 0) is 0 Å². The Morgan fingerprint density at radius 2 is 1.83 bits per heavy atom. The normalized spacial score (nSPS) is 12.6. The summed E-state index contributed by atoms with van der Waals surface area (Å²) < 4.78 is 0. The highest BCUT2D eigenvalue weighted by Gasteiger charge is 2.14. The number of Topliss-reactive ketones (excluding diaryl/α,β-unsaturated/α-hetero) is 1. The van der Waals surface area contributed by atoms with Crippen LogP contribution in [0.2, 0.25) is 0 Å². The van der Waals surface area contributed by atoms with Crippen LogP contribution >= 0.6 is 0 Å². The average Bonchev–Trinajstić information content (AvgIpc) is 2.37. The van der Waals surface area contributed by atoms with E-state index in [9.17, 15) is 4.79 Å². The Labute approximate surface area is 108 Å². The summed E-state index contributed by atoms with van der Waals surface area (Å²) in [5.41, 5.74) is 7.52. The summed E-state index contributed by atoms with van der Waals surface area (Å²) in [7, 11) is 0. The zero-order valence-electron chi connectivity index (χ0n) is 10.9. The van der Waals surface area contributed by atoms with Crippen molar-refractivity contribution in [3.8, 4) is 0 Å². The first-order chi connectivity index (χ1) is 8.61. The second-order valence-corrected chi connectivity index (χ2v) is 4.91. The van der Waals surface area contributed by atoms with Crippen LogP contribution in [0, 0.1) is 12.8 Å². The highest BCUT2D eigenvalue weighted by atomic mass is 16.1. The van der Waals surface area contributed by atoms with E-state index in [1.165, 1.54) is 10.9 Å². The van der Waals surface area contributed by atoms with Crippen LogP contribution in [0.15, 0.2) is 36.4 Å². The molecule has 94 valence electrons. The van der Waals surface area contributed by atoms with Crippen molar-refractivity contribution in [1.82, 2.24) is 0 Å². The first-order valence-corrected chi connectivity index (χ1v) is 6.36. The van der Waals surface area contributed by atoms with Crippen LogP contribution in [0.25, 0.3) is 10.8 Å². The molecule has 2 rings (SSSR count). The van der Waals surface area contributed by atoms with Crippen molar-refractivity contribution < 1.29 is 4.79 Å². The molecule has 2 aromatic carbocycles. The summed E-state index contributed by atoms with van der Waals surface area (Å²) in [6.07, 6.45) is 0.741. The second-order valence-electron chi connectivity index (χ2n) is 4.91. The number of fused-ring (bicyclic) bond motifs is 1. The number of hydrogen-bond donors (Lipinski definition) is 1. The summed E-state index contributed by atoms with van der Waals surface area (Å²) >= 11 is 0. The minimum atomic E-state index is -0.00195. The van der Waals surface area contributed by atoms with Gasteiger partial charge in [0.15, 0.2) is 5.78 Å². The SMILES string of the molecule is Cc1ccc2cc(C(=O)C(C)CCN)ccc2c1. The van der Waals surface area contributed by atoms with E-state index >= 15 is 0 Å². The summed E-state index contributed by atoms with van der Waals surface area (Å²) in [5, 5.41) is 2.30. The maximum absolute atomic E-state index is 12.2. The predicted octanol–water partition coefficient (Wildman–Crippen LogP) is 3.32. The molecule has 0 aromatic heterocycles. The van der Waals surface area contributed by atoms with Gasteiger partial charge in [0.25, 0.3) is 0 Å². The number of carbonyl (C=O) groups is 1. The number of nitrogens with two attached hydrogens (primary N) is 1. The highest BCUT2D eigenvalue weighted by molar-refractivity contribution is 6.01. The fourth-order valence-corrected chi connectivity index (χ4v) is 2.18. The van der Waals surface area contributed by atoms with Gasteiger partial charge >= 0.3 is 0 Å². The summed E-state index contributed by atoms with van der Waals surface area (Å²) in [6, 6.07) is 12.2. The highest BCUT2D eigenvalue weighted by Crippen LogP contribution is 2.20. The Hall–Kier alpha value is -1.67. The standard InChI is InChI=1S/C16H19NO/c1-11-3-4-14-10-15(6-5-13(14)9-11)16(18)12(2)7-8-17/h3-6,9-10,12H,7-8,17H2,1-2H3. The van der Waals surface area contributed by atoms with Gasteiger partial charge in [0.2, 0.25) is 0 Å². The fourth-order valence-electron chi connectivity index (χ4n) is 2.18. The van der Waals surface area contributed by atoms with E-state index in [0.29, 0.717) is 6.54 Å². The van der Waals surface area contributed by atoms with Gasteiger partial charge in [-0.2, -0.15) is 0 Å². The Balaban J connectivity index is 2.35. The van der Waals surface area contributed by atoms with Gasteiger partial charge in [-0.25, -0.2) is 0 Å². The molecule has 0 fully saturated rings. The average molecular weight is 241 g/mol. The number of benzene rings is 2. The third-order valence-electron chi connectivity index (χ3n) is 3.33. The van der Waals surface area contributed by atoms with Gasteiger partial charge in [-0.15, -0.1) is 0 Å². The summed E-state index contributed by atoms with van der Waals surface area (Å²) in [5.74, 6) is 0.181. The lowest BCUT2D eigenvalue weighted by atomic mass is 9.94. The van der Waals surface area contributed by atoms with Gasteiger partial charge in [0, 0.05) is 11.5 Å². The second kappa shape index (κ2) is 5.32. The molecule has 0 aliphatic rings. The number of rotatable bonds is 4. The van der Waals surface area contributed by atoms with Crippen LogP contribution in [-0.4, -0.2) is 12.3 Å². The zero-order valence-corrected chi connectivity index (χ0v) is 10.9. The van der Waals surface area contributed by atoms with Crippen molar-refractivity contribution in [3.05, 3.63) is 47.5 Å². The van der Waals surface area contributed by atoms with Gasteiger partial charge in [-0.1, -0.05) is 42.8 Å². The molecule has 0 heterocycles. The molecule has 0 spiro atoms. The zero-order chi connectivity index (χ0) is 13.1. The molecule has 1 atom stereocenters. The molecular weight excluding hydrogens is 222 g/mol. The molecule has 0 saturated heterocycles. The van der Waals surface area contributed by atoms with Crippen LogP contribution in [0.4, 0.5) is 0 Å². The van der Waals surface area contributed by atoms with Gasteiger partial charge < -0.3 is 5.73 Å². The van der Waals surface area contributed by atoms with Gasteiger partial charge in [0.1, 0.15) is 0 Å². The van der Waals surface area contributed by atoms with Crippen molar-refractivity contribution in [2.75, 3.05) is 6.54 Å². The number of carbonyl (C=O) groups excluding carboxylic acids is 1. The lowest BCUT2D eigenvalue weighted by Gasteiger charge is -2.09. The Kier molecular flexibility index (Phi) is 3.78. The van der Waals surface area contributed by atoms with E-state index in [4.69, 9.17) is 5.73 Å². The van der Waals surface area contributed by atoms with Crippen LogP contribution in [0.3, 0.4) is 0 Å². The molecule has 0 radical (unpaired) electrons.